The highest BCUT2D eigenvalue weighted by Gasteiger charge is 2.32. The minimum absolute atomic E-state index is 0.608. The fourth-order valence-corrected chi connectivity index (χ4v) is 4.38. The van der Waals surface area contributed by atoms with Gasteiger partial charge in [0, 0.05) is 59.6 Å². The SMILES string of the molecule is Cc1ccc(N2CCN([C@H](C(=O)O)c3c[nH]c4ccc(Cl)cc34)CC2)c(C)c1. The lowest BCUT2D eigenvalue weighted by atomic mass is 10.0. The fourth-order valence-electron chi connectivity index (χ4n) is 4.21. The summed E-state index contributed by atoms with van der Waals surface area (Å²) in [5.74, 6) is -0.833. The monoisotopic (exact) mass is 397 g/mol. The molecule has 0 spiro atoms. The first-order chi connectivity index (χ1) is 13.4. The van der Waals surface area contributed by atoms with Crippen LogP contribution in [0.5, 0.6) is 0 Å². The Morgan fingerprint density at radius 2 is 1.86 bits per heavy atom. The first kappa shape index (κ1) is 18.8. The van der Waals surface area contributed by atoms with Crippen molar-refractivity contribution in [1.29, 1.82) is 0 Å². The fraction of sp³-hybridized carbons (Fsp3) is 0.318. The molecule has 28 heavy (non-hydrogen) atoms. The van der Waals surface area contributed by atoms with Gasteiger partial charge < -0.3 is 15.0 Å². The van der Waals surface area contributed by atoms with Gasteiger partial charge in [-0.2, -0.15) is 0 Å². The second kappa shape index (κ2) is 7.49. The van der Waals surface area contributed by atoms with Crippen molar-refractivity contribution >= 4 is 34.2 Å². The maximum Gasteiger partial charge on any atom is 0.325 e. The Labute approximate surface area is 169 Å². The molecule has 5 nitrogen and oxygen atoms in total. The van der Waals surface area contributed by atoms with Crippen molar-refractivity contribution in [1.82, 2.24) is 9.88 Å². The zero-order valence-corrected chi connectivity index (χ0v) is 16.8. The van der Waals surface area contributed by atoms with Crippen molar-refractivity contribution in [3.05, 3.63) is 64.3 Å². The maximum absolute atomic E-state index is 12.2. The summed E-state index contributed by atoms with van der Waals surface area (Å²) in [6.07, 6.45) is 1.80. The normalized spacial score (nSPS) is 16.5. The summed E-state index contributed by atoms with van der Waals surface area (Å²) in [5, 5.41) is 11.5. The van der Waals surface area contributed by atoms with Crippen LogP contribution in [0.1, 0.15) is 22.7 Å². The number of fused-ring (bicyclic) bond motifs is 1. The van der Waals surface area contributed by atoms with E-state index in [-0.39, 0.29) is 0 Å². The molecule has 6 heteroatoms. The van der Waals surface area contributed by atoms with Crippen LogP contribution in [0.3, 0.4) is 0 Å². The molecule has 0 amide bonds. The Kier molecular flexibility index (Phi) is 5.04. The number of carboxylic acid groups (broad SMARTS) is 1. The second-order valence-electron chi connectivity index (χ2n) is 7.49. The van der Waals surface area contributed by atoms with E-state index >= 15 is 0 Å². The molecule has 0 bridgehead atoms. The Morgan fingerprint density at radius 3 is 2.54 bits per heavy atom. The molecule has 2 aromatic carbocycles. The zero-order chi connectivity index (χ0) is 19.8. The van der Waals surface area contributed by atoms with Gasteiger partial charge >= 0.3 is 5.97 Å². The summed E-state index contributed by atoms with van der Waals surface area (Å²) in [6.45, 7) is 7.21. The van der Waals surface area contributed by atoms with E-state index in [0.29, 0.717) is 18.1 Å². The number of nitrogens with one attached hydrogen (secondary N) is 1. The third kappa shape index (κ3) is 3.48. The van der Waals surface area contributed by atoms with Gasteiger partial charge in [0.15, 0.2) is 0 Å². The Bertz CT molecular complexity index is 1020. The number of halogens is 1. The number of nitrogens with zero attached hydrogens (tertiary/aromatic N) is 2. The number of carboxylic acids is 1. The van der Waals surface area contributed by atoms with Crippen molar-refractivity contribution in [3.8, 4) is 0 Å². The first-order valence-corrected chi connectivity index (χ1v) is 9.87. The molecule has 1 aliphatic rings. The number of hydrogen-bond acceptors (Lipinski definition) is 3. The molecule has 2 N–H and O–H groups in total. The van der Waals surface area contributed by atoms with E-state index in [1.807, 2.05) is 23.1 Å². The van der Waals surface area contributed by atoms with Crippen LogP contribution in [0.4, 0.5) is 5.69 Å². The van der Waals surface area contributed by atoms with Crippen LogP contribution in [-0.4, -0.2) is 47.1 Å². The quantitative estimate of drug-likeness (QED) is 0.685. The molecule has 1 aromatic heterocycles. The van der Waals surface area contributed by atoms with Gasteiger partial charge in [0.05, 0.1) is 0 Å². The van der Waals surface area contributed by atoms with Crippen LogP contribution in [0.2, 0.25) is 5.02 Å². The number of aromatic nitrogens is 1. The highest BCUT2D eigenvalue weighted by molar-refractivity contribution is 6.31. The number of benzene rings is 2. The minimum Gasteiger partial charge on any atom is -0.480 e. The van der Waals surface area contributed by atoms with Gasteiger partial charge in [-0.1, -0.05) is 29.3 Å². The third-order valence-corrected chi connectivity index (χ3v) is 5.81. The van der Waals surface area contributed by atoms with Gasteiger partial charge in [0.2, 0.25) is 0 Å². The summed E-state index contributed by atoms with van der Waals surface area (Å²) in [7, 11) is 0. The highest BCUT2D eigenvalue weighted by atomic mass is 35.5. The topological polar surface area (TPSA) is 59.6 Å². The van der Waals surface area contributed by atoms with Crippen molar-refractivity contribution in [3.63, 3.8) is 0 Å². The van der Waals surface area contributed by atoms with Crippen LogP contribution >= 0.6 is 11.6 Å². The van der Waals surface area contributed by atoms with Gasteiger partial charge in [0.25, 0.3) is 0 Å². The largest absolute Gasteiger partial charge is 0.480 e. The van der Waals surface area contributed by atoms with E-state index in [1.165, 1.54) is 16.8 Å². The number of aromatic amines is 1. The van der Waals surface area contributed by atoms with Gasteiger partial charge in [-0.15, -0.1) is 0 Å². The lowest BCUT2D eigenvalue weighted by Crippen LogP contribution is -2.49. The predicted molar refractivity (Wildman–Crippen MR) is 113 cm³/mol. The van der Waals surface area contributed by atoms with Crippen molar-refractivity contribution in [2.24, 2.45) is 0 Å². The minimum atomic E-state index is -0.833. The van der Waals surface area contributed by atoms with E-state index < -0.39 is 12.0 Å². The van der Waals surface area contributed by atoms with Gasteiger partial charge in [-0.3, -0.25) is 9.69 Å². The Morgan fingerprint density at radius 1 is 1.11 bits per heavy atom. The standard InChI is InChI=1S/C22H24ClN3O2/c1-14-3-6-20(15(2)11-14)25-7-9-26(10-8-25)21(22(27)28)18-13-24-19-5-4-16(23)12-17(18)19/h3-6,11-13,21,24H,7-10H2,1-2H3,(H,27,28)/t21-/m0/s1. The smallest absolute Gasteiger partial charge is 0.325 e. The highest BCUT2D eigenvalue weighted by Crippen LogP contribution is 2.32. The summed E-state index contributed by atoms with van der Waals surface area (Å²) in [4.78, 5) is 19.7. The Balaban J connectivity index is 1.57. The molecule has 1 aliphatic heterocycles. The van der Waals surface area contributed by atoms with Gasteiger partial charge in [-0.25, -0.2) is 0 Å². The van der Waals surface area contributed by atoms with E-state index in [1.54, 1.807) is 6.20 Å². The van der Waals surface area contributed by atoms with Crippen LogP contribution < -0.4 is 4.90 Å². The number of anilines is 1. The first-order valence-electron chi connectivity index (χ1n) is 9.49. The van der Waals surface area contributed by atoms with Crippen LogP contribution in [0.15, 0.2) is 42.6 Å². The number of H-pyrrole nitrogens is 1. The van der Waals surface area contributed by atoms with Crippen molar-refractivity contribution < 1.29 is 9.90 Å². The van der Waals surface area contributed by atoms with Crippen LogP contribution in [0, 0.1) is 13.8 Å². The molecular formula is C22H24ClN3O2. The molecule has 0 saturated carbocycles. The molecule has 4 rings (SSSR count). The van der Waals surface area contributed by atoms with E-state index in [9.17, 15) is 9.90 Å². The second-order valence-corrected chi connectivity index (χ2v) is 7.92. The summed E-state index contributed by atoms with van der Waals surface area (Å²) >= 11 is 6.15. The van der Waals surface area contributed by atoms with Gasteiger partial charge in [0.1, 0.15) is 6.04 Å². The van der Waals surface area contributed by atoms with E-state index in [2.05, 4.69) is 41.9 Å². The number of piperazine rings is 1. The van der Waals surface area contributed by atoms with Crippen LogP contribution in [-0.2, 0) is 4.79 Å². The molecule has 0 unspecified atom stereocenters. The number of aliphatic carboxylic acids is 1. The van der Waals surface area contributed by atoms with Crippen molar-refractivity contribution in [2.45, 2.75) is 19.9 Å². The average molecular weight is 398 g/mol. The van der Waals surface area contributed by atoms with Crippen LogP contribution in [0.25, 0.3) is 10.9 Å². The summed E-state index contributed by atoms with van der Waals surface area (Å²) < 4.78 is 0. The molecular weight excluding hydrogens is 374 g/mol. The third-order valence-electron chi connectivity index (χ3n) is 5.58. The number of aryl methyl sites for hydroxylation is 2. The van der Waals surface area contributed by atoms with Crippen molar-refractivity contribution in [2.75, 3.05) is 31.1 Å². The summed E-state index contributed by atoms with van der Waals surface area (Å²) in [6, 6.07) is 11.3. The van der Waals surface area contributed by atoms with E-state index in [4.69, 9.17) is 11.6 Å². The molecule has 1 fully saturated rings. The molecule has 3 aromatic rings. The molecule has 146 valence electrons. The lowest BCUT2D eigenvalue weighted by Gasteiger charge is -2.39. The predicted octanol–water partition coefficient (Wildman–Crippen LogP) is 4.39. The van der Waals surface area contributed by atoms with Gasteiger partial charge in [-0.05, 0) is 43.7 Å². The molecule has 1 atom stereocenters. The number of carbonyl (C=O) groups is 1. The maximum atomic E-state index is 12.2. The Hall–Kier alpha value is -2.50. The molecule has 0 aliphatic carbocycles. The zero-order valence-electron chi connectivity index (χ0n) is 16.1. The summed E-state index contributed by atoms with van der Waals surface area (Å²) in [5.41, 5.74) is 5.42. The molecule has 1 saturated heterocycles. The number of rotatable bonds is 4. The molecule has 0 radical (unpaired) electrons. The number of hydrogen-bond donors (Lipinski definition) is 2. The average Bonchev–Trinajstić information content (AvgIpc) is 3.05. The van der Waals surface area contributed by atoms with E-state index in [0.717, 1.165) is 29.6 Å². The molecule has 2 heterocycles. The lowest BCUT2D eigenvalue weighted by molar-refractivity contribution is -0.143.